The van der Waals surface area contributed by atoms with Crippen LogP contribution in [-0.4, -0.2) is 22.1 Å². The van der Waals surface area contributed by atoms with Crippen LogP contribution in [0.15, 0.2) is 17.0 Å². The molecule has 5 nitrogen and oxygen atoms in total. The van der Waals surface area contributed by atoms with Crippen LogP contribution in [0.25, 0.3) is 0 Å². The van der Waals surface area contributed by atoms with Crippen molar-refractivity contribution in [2.24, 2.45) is 5.41 Å². The lowest BCUT2D eigenvalue weighted by atomic mass is 10.2. The molecule has 1 fully saturated rings. The Labute approximate surface area is 114 Å². The van der Waals surface area contributed by atoms with E-state index in [1.807, 2.05) is 6.92 Å². The molecule has 1 aliphatic carbocycles. The molecule has 1 saturated carbocycles. The van der Waals surface area contributed by atoms with Gasteiger partial charge in [-0.25, -0.2) is 13.1 Å². The summed E-state index contributed by atoms with van der Waals surface area (Å²) in [7, 11) is -2.14. The van der Waals surface area contributed by atoms with Crippen molar-refractivity contribution >= 4 is 15.7 Å². The van der Waals surface area contributed by atoms with Gasteiger partial charge in [0.15, 0.2) is 0 Å². The van der Waals surface area contributed by atoms with Crippen LogP contribution in [0.2, 0.25) is 0 Å². The molecule has 19 heavy (non-hydrogen) atoms. The summed E-state index contributed by atoms with van der Waals surface area (Å²) in [5.74, 6) is 0.320. The zero-order chi connectivity index (χ0) is 14.3. The number of sulfonamides is 1. The van der Waals surface area contributed by atoms with Crippen LogP contribution in [-0.2, 0) is 10.0 Å². The molecule has 0 spiro atoms. The first-order valence-corrected chi connectivity index (χ1v) is 7.69. The fourth-order valence-corrected chi connectivity index (χ4v) is 3.17. The van der Waals surface area contributed by atoms with Crippen molar-refractivity contribution in [3.63, 3.8) is 0 Å². The summed E-state index contributed by atoms with van der Waals surface area (Å²) in [5.41, 5.74) is 7.13. The van der Waals surface area contributed by atoms with Crippen molar-refractivity contribution < 1.29 is 13.2 Å². The number of anilines is 1. The van der Waals surface area contributed by atoms with Gasteiger partial charge in [-0.2, -0.15) is 0 Å². The SMILES string of the molecule is COc1cc(C)c(N)cc1S(=O)(=O)NCC1(C)CC1. The van der Waals surface area contributed by atoms with Crippen LogP contribution >= 0.6 is 0 Å². The summed E-state index contributed by atoms with van der Waals surface area (Å²) in [6, 6.07) is 3.09. The first kappa shape index (κ1) is 14.1. The van der Waals surface area contributed by atoms with E-state index in [4.69, 9.17) is 10.5 Å². The van der Waals surface area contributed by atoms with E-state index in [9.17, 15) is 8.42 Å². The highest BCUT2D eigenvalue weighted by molar-refractivity contribution is 7.89. The molecule has 0 atom stereocenters. The average molecular weight is 284 g/mol. The predicted octanol–water partition coefficient (Wildman–Crippen LogP) is 1.66. The van der Waals surface area contributed by atoms with Gasteiger partial charge in [0.1, 0.15) is 10.6 Å². The number of nitrogens with one attached hydrogen (secondary N) is 1. The van der Waals surface area contributed by atoms with Gasteiger partial charge >= 0.3 is 0 Å². The van der Waals surface area contributed by atoms with Crippen LogP contribution < -0.4 is 15.2 Å². The second-order valence-corrected chi connectivity index (χ2v) is 7.23. The fourth-order valence-electron chi connectivity index (χ4n) is 1.78. The van der Waals surface area contributed by atoms with Gasteiger partial charge in [0.2, 0.25) is 10.0 Å². The molecule has 1 aliphatic rings. The number of nitrogens with two attached hydrogens (primary N) is 1. The lowest BCUT2D eigenvalue weighted by Gasteiger charge is -2.14. The van der Waals surface area contributed by atoms with Crippen molar-refractivity contribution in [2.45, 2.75) is 31.6 Å². The zero-order valence-corrected chi connectivity index (χ0v) is 12.3. The predicted molar refractivity (Wildman–Crippen MR) is 74.7 cm³/mol. The van der Waals surface area contributed by atoms with E-state index in [0.29, 0.717) is 18.0 Å². The number of benzene rings is 1. The van der Waals surface area contributed by atoms with Gasteiger partial charge < -0.3 is 10.5 Å². The normalized spacial score (nSPS) is 17.2. The van der Waals surface area contributed by atoms with E-state index in [-0.39, 0.29) is 10.3 Å². The lowest BCUT2D eigenvalue weighted by molar-refractivity contribution is 0.402. The zero-order valence-electron chi connectivity index (χ0n) is 11.5. The van der Waals surface area contributed by atoms with Gasteiger partial charge in [0.05, 0.1) is 7.11 Å². The molecule has 0 heterocycles. The van der Waals surface area contributed by atoms with Gasteiger partial charge in [-0.05, 0) is 42.9 Å². The summed E-state index contributed by atoms with van der Waals surface area (Å²) < 4.78 is 32.4. The lowest BCUT2D eigenvalue weighted by Crippen LogP contribution is -2.29. The smallest absolute Gasteiger partial charge is 0.244 e. The van der Waals surface area contributed by atoms with E-state index in [2.05, 4.69) is 11.6 Å². The number of hydrogen-bond acceptors (Lipinski definition) is 4. The second-order valence-electron chi connectivity index (χ2n) is 5.49. The van der Waals surface area contributed by atoms with Gasteiger partial charge in [-0.15, -0.1) is 0 Å². The molecular weight excluding hydrogens is 264 g/mol. The molecular formula is C13H20N2O3S. The highest BCUT2D eigenvalue weighted by Crippen LogP contribution is 2.44. The highest BCUT2D eigenvalue weighted by Gasteiger charge is 2.38. The van der Waals surface area contributed by atoms with E-state index in [0.717, 1.165) is 18.4 Å². The minimum absolute atomic E-state index is 0.0994. The average Bonchev–Trinajstić information content (AvgIpc) is 3.08. The van der Waals surface area contributed by atoms with Crippen molar-refractivity contribution in [1.82, 2.24) is 4.72 Å². The van der Waals surface area contributed by atoms with Crippen molar-refractivity contribution in [1.29, 1.82) is 0 Å². The van der Waals surface area contributed by atoms with Crippen LogP contribution in [0.5, 0.6) is 5.75 Å². The largest absolute Gasteiger partial charge is 0.495 e. The van der Waals surface area contributed by atoms with Crippen LogP contribution in [0.3, 0.4) is 0 Å². The van der Waals surface area contributed by atoms with Crippen molar-refractivity contribution in [3.05, 3.63) is 17.7 Å². The molecule has 2 rings (SSSR count). The Hall–Kier alpha value is -1.27. The summed E-state index contributed by atoms with van der Waals surface area (Å²) in [6.45, 7) is 4.33. The molecule has 0 aliphatic heterocycles. The quantitative estimate of drug-likeness (QED) is 0.806. The number of nitrogen functional groups attached to an aromatic ring is 1. The third-order valence-electron chi connectivity index (χ3n) is 3.63. The monoisotopic (exact) mass is 284 g/mol. The molecule has 1 aromatic rings. The Morgan fingerprint density at radius 3 is 2.58 bits per heavy atom. The molecule has 1 aromatic carbocycles. The van der Waals surface area contributed by atoms with Crippen LogP contribution in [0.4, 0.5) is 5.69 Å². The van der Waals surface area contributed by atoms with E-state index < -0.39 is 10.0 Å². The second kappa shape index (κ2) is 4.68. The molecule has 106 valence electrons. The van der Waals surface area contributed by atoms with Gasteiger partial charge in [-0.3, -0.25) is 0 Å². The van der Waals surface area contributed by atoms with Crippen molar-refractivity contribution in [2.75, 3.05) is 19.4 Å². The molecule has 0 radical (unpaired) electrons. The first-order valence-electron chi connectivity index (χ1n) is 6.21. The summed E-state index contributed by atoms with van der Waals surface area (Å²) >= 11 is 0. The molecule has 3 N–H and O–H groups in total. The molecule has 0 bridgehead atoms. The fraction of sp³-hybridized carbons (Fsp3) is 0.538. The molecule has 0 aromatic heterocycles. The Kier molecular flexibility index (Phi) is 3.49. The van der Waals surface area contributed by atoms with Gasteiger partial charge in [0, 0.05) is 12.2 Å². The van der Waals surface area contributed by atoms with E-state index >= 15 is 0 Å². The minimum Gasteiger partial charge on any atom is -0.495 e. The number of rotatable bonds is 5. The third kappa shape index (κ3) is 3.01. The summed E-state index contributed by atoms with van der Waals surface area (Å²) in [6.07, 6.45) is 2.12. The first-order chi connectivity index (χ1) is 8.77. The molecule has 0 saturated heterocycles. The Morgan fingerprint density at radius 2 is 2.05 bits per heavy atom. The van der Waals surface area contributed by atoms with Crippen LogP contribution in [0.1, 0.15) is 25.3 Å². The van der Waals surface area contributed by atoms with Gasteiger partial charge in [0.25, 0.3) is 0 Å². The third-order valence-corrected chi connectivity index (χ3v) is 5.06. The highest BCUT2D eigenvalue weighted by atomic mass is 32.2. The number of ether oxygens (including phenoxy) is 1. The minimum atomic E-state index is -3.59. The Morgan fingerprint density at radius 1 is 1.42 bits per heavy atom. The Bertz CT molecular complexity index is 592. The van der Waals surface area contributed by atoms with E-state index in [1.165, 1.54) is 13.2 Å². The van der Waals surface area contributed by atoms with Crippen LogP contribution in [0, 0.1) is 12.3 Å². The summed E-state index contributed by atoms with van der Waals surface area (Å²) in [4.78, 5) is 0.0994. The number of methoxy groups -OCH3 is 1. The maximum absolute atomic E-state index is 12.3. The number of hydrogen-bond donors (Lipinski definition) is 2. The standard InChI is InChI=1S/C13H20N2O3S/c1-9-6-11(18-3)12(7-10(9)14)19(16,17)15-8-13(2)4-5-13/h6-7,15H,4-5,8,14H2,1-3H3. The topological polar surface area (TPSA) is 81.4 Å². The van der Waals surface area contributed by atoms with Gasteiger partial charge in [-0.1, -0.05) is 6.92 Å². The van der Waals surface area contributed by atoms with Crippen molar-refractivity contribution in [3.8, 4) is 5.75 Å². The molecule has 6 heteroatoms. The maximum atomic E-state index is 12.3. The summed E-state index contributed by atoms with van der Waals surface area (Å²) in [5, 5.41) is 0. The molecule has 0 unspecified atom stereocenters. The van der Waals surface area contributed by atoms with E-state index in [1.54, 1.807) is 6.07 Å². The number of aryl methyl sites for hydroxylation is 1. The molecule has 0 amide bonds. The maximum Gasteiger partial charge on any atom is 0.244 e. The Balaban J connectivity index is 2.30.